The Bertz CT molecular complexity index is 641. The van der Waals surface area contributed by atoms with E-state index in [0.717, 1.165) is 10.9 Å². The lowest BCUT2D eigenvalue weighted by Gasteiger charge is -2.06. The topological polar surface area (TPSA) is 82.3 Å². The summed E-state index contributed by atoms with van der Waals surface area (Å²) in [4.78, 5) is 4.21. The number of hydrogen-bond donors (Lipinski definition) is 1. The van der Waals surface area contributed by atoms with Gasteiger partial charge in [0.25, 0.3) is 0 Å². The molecule has 2 N–H and O–H groups in total. The second kappa shape index (κ2) is 5.32. The summed E-state index contributed by atoms with van der Waals surface area (Å²) in [6.07, 6.45) is 2.09. The maximum atomic E-state index is 10.7. The number of nitrogens with zero attached hydrogens (tertiary/aromatic N) is 1. The molecule has 0 spiro atoms. The molecule has 18 heavy (non-hydrogen) atoms. The molecular weight excluding hydrogens is 252 g/mol. The first kappa shape index (κ1) is 12.8. The molecule has 0 unspecified atom stereocenters. The molecule has 0 radical (unpaired) electrons. The van der Waals surface area contributed by atoms with Gasteiger partial charge in [-0.3, -0.25) is 4.98 Å². The van der Waals surface area contributed by atoms with Gasteiger partial charge in [-0.05, 0) is 24.6 Å². The van der Waals surface area contributed by atoms with Crippen molar-refractivity contribution in [1.29, 1.82) is 0 Å². The van der Waals surface area contributed by atoms with Gasteiger partial charge in [0, 0.05) is 17.6 Å². The van der Waals surface area contributed by atoms with E-state index in [9.17, 15) is 8.42 Å². The van der Waals surface area contributed by atoms with Crippen LogP contribution in [0, 0.1) is 0 Å². The van der Waals surface area contributed by atoms with Gasteiger partial charge in [-0.2, -0.15) is 0 Å². The lowest BCUT2D eigenvalue weighted by Crippen LogP contribution is -2.18. The van der Waals surface area contributed by atoms with Crippen molar-refractivity contribution in [3.63, 3.8) is 0 Å². The summed E-state index contributed by atoms with van der Waals surface area (Å²) < 4.78 is 26.9. The number of rotatable bonds is 5. The Morgan fingerprint density at radius 1 is 1.28 bits per heavy atom. The number of primary sulfonamides is 1. The second-order valence-corrected chi connectivity index (χ2v) is 5.66. The molecule has 0 saturated heterocycles. The molecule has 6 heteroatoms. The molecule has 0 aliphatic carbocycles. The number of aromatic nitrogens is 1. The van der Waals surface area contributed by atoms with Crippen LogP contribution in [0.25, 0.3) is 10.9 Å². The smallest absolute Gasteiger partial charge is 0.209 e. The third-order valence-electron chi connectivity index (χ3n) is 2.42. The lowest BCUT2D eigenvalue weighted by molar-refractivity contribution is 0.318. The van der Waals surface area contributed by atoms with Crippen LogP contribution in [-0.4, -0.2) is 25.8 Å². The highest BCUT2D eigenvalue weighted by molar-refractivity contribution is 7.89. The van der Waals surface area contributed by atoms with E-state index < -0.39 is 10.0 Å². The molecule has 0 amide bonds. The number of sulfonamides is 1. The molecule has 2 aromatic rings. The fourth-order valence-corrected chi connectivity index (χ4v) is 2.11. The molecule has 2 rings (SSSR count). The zero-order valence-electron chi connectivity index (χ0n) is 9.74. The SMILES string of the molecule is NS(=O)(=O)CCCOc1ccc2cccnc2c1. The molecular formula is C12H14N2O3S. The average Bonchev–Trinajstić information content (AvgIpc) is 2.33. The lowest BCUT2D eigenvalue weighted by atomic mass is 10.2. The predicted octanol–water partition coefficient (Wildman–Crippen LogP) is 1.29. The monoisotopic (exact) mass is 266 g/mol. The second-order valence-electron chi connectivity index (χ2n) is 3.93. The van der Waals surface area contributed by atoms with Crippen molar-refractivity contribution in [2.75, 3.05) is 12.4 Å². The number of nitrogens with two attached hydrogens (primary N) is 1. The van der Waals surface area contributed by atoms with Crippen molar-refractivity contribution in [3.8, 4) is 5.75 Å². The van der Waals surface area contributed by atoms with Crippen molar-refractivity contribution >= 4 is 20.9 Å². The highest BCUT2D eigenvalue weighted by Crippen LogP contribution is 2.18. The first-order valence-electron chi connectivity index (χ1n) is 5.53. The minimum Gasteiger partial charge on any atom is -0.493 e. The minimum absolute atomic E-state index is 0.0706. The molecule has 0 aliphatic heterocycles. The van der Waals surface area contributed by atoms with E-state index in [0.29, 0.717) is 18.8 Å². The van der Waals surface area contributed by atoms with Crippen LogP contribution in [0.15, 0.2) is 36.5 Å². The first-order valence-corrected chi connectivity index (χ1v) is 7.24. The number of hydrogen-bond acceptors (Lipinski definition) is 4. The molecule has 1 heterocycles. The van der Waals surface area contributed by atoms with Crippen LogP contribution in [-0.2, 0) is 10.0 Å². The van der Waals surface area contributed by atoms with Gasteiger partial charge in [0.05, 0.1) is 17.9 Å². The molecule has 5 nitrogen and oxygen atoms in total. The van der Waals surface area contributed by atoms with Crippen LogP contribution in [0.5, 0.6) is 5.75 Å². The Labute approximate surface area is 106 Å². The Morgan fingerprint density at radius 3 is 2.89 bits per heavy atom. The van der Waals surface area contributed by atoms with Crippen LogP contribution in [0.4, 0.5) is 0 Å². The molecule has 1 aromatic carbocycles. The summed E-state index contributed by atoms with van der Waals surface area (Å²) in [6, 6.07) is 9.41. The molecule has 0 aliphatic rings. The number of pyridine rings is 1. The standard InChI is InChI=1S/C12H14N2O3S/c13-18(15,16)8-2-7-17-11-5-4-10-3-1-6-14-12(10)9-11/h1,3-6,9H,2,7-8H2,(H2,13,15,16). The summed E-state index contributed by atoms with van der Waals surface area (Å²) in [5.41, 5.74) is 0.849. The van der Waals surface area contributed by atoms with Crippen LogP contribution < -0.4 is 9.88 Å². The van der Waals surface area contributed by atoms with Gasteiger partial charge >= 0.3 is 0 Å². The predicted molar refractivity (Wildman–Crippen MR) is 69.8 cm³/mol. The Balaban J connectivity index is 1.96. The van der Waals surface area contributed by atoms with Crippen LogP contribution in [0.3, 0.4) is 0 Å². The Kier molecular flexibility index (Phi) is 3.78. The molecule has 96 valence electrons. The average molecular weight is 266 g/mol. The van der Waals surface area contributed by atoms with Gasteiger partial charge in [0.1, 0.15) is 5.75 Å². The molecule has 0 bridgehead atoms. The zero-order chi connectivity index (χ0) is 13.0. The summed E-state index contributed by atoms with van der Waals surface area (Å²) >= 11 is 0. The quantitative estimate of drug-likeness (QED) is 0.827. The largest absolute Gasteiger partial charge is 0.493 e. The summed E-state index contributed by atoms with van der Waals surface area (Å²) in [7, 11) is -3.41. The van der Waals surface area contributed by atoms with E-state index in [1.165, 1.54) is 0 Å². The zero-order valence-corrected chi connectivity index (χ0v) is 10.6. The van der Waals surface area contributed by atoms with Gasteiger partial charge < -0.3 is 4.74 Å². The van der Waals surface area contributed by atoms with Crippen LogP contribution >= 0.6 is 0 Å². The molecule has 0 atom stereocenters. The number of fused-ring (bicyclic) bond motifs is 1. The summed E-state index contributed by atoms with van der Waals surface area (Å²) in [5, 5.41) is 5.93. The third-order valence-corrected chi connectivity index (χ3v) is 3.28. The molecule has 1 aromatic heterocycles. The summed E-state index contributed by atoms with van der Waals surface area (Å²) in [5.74, 6) is 0.606. The fraction of sp³-hybridized carbons (Fsp3) is 0.250. The maximum absolute atomic E-state index is 10.7. The van der Waals surface area contributed by atoms with E-state index in [1.54, 1.807) is 6.20 Å². The highest BCUT2D eigenvalue weighted by Gasteiger charge is 2.03. The van der Waals surface area contributed by atoms with Crippen molar-refractivity contribution in [3.05, 3.63) is 36.5 Å². The van der Waals surface area contributed by atoms with Crippen LogP contribution in [0.1, 0.15) is 6.42 Å². The third kappa shape index (κ3) is 3.68. The highest BCUT2D eigenvalue weighted by atomic mass is 32.2. The van der Waals surface area contributed by atoms with Gasteiger partial charge in [-0.25, -0.2) is 13.6 Å². The first-order chi connectivity index (χ1) is 8.54. The summed E-state index contributed by atoms with van der Waals surface area (Å²) in [6.45, 7) is 0.314. The van der Waals surface area contributed by atoms with E-state index in [2.05, 4.69) is 4.98 Å². The normalized spacial score (nSPS) is 11.6. The van der Waals surface area contributed by atoms with Gasteiger partial charge in [0.15, 0.2) is 0 Å². The van der Waals surface area contributed by atoms with Crippen molar-refractivity contribution < 1.29 is 13.2 Å². The molecule has 0 saturated carbocycles. The Hall–Kier alpha value is -1.66. The van der Waals surface area contributed by atoms with Gasteiger partial charge in [0.2, 0.25) is 10.0 Å². The van der Waals surface area contributed by atoms with E-state index in [-0.39, 0.29) is 5.75 Å². The number of ether oxygens (including phenoxy) is 1. The van der Waals surface area contributed by atoms with Gasteiger partial charge in [-0.15, -0.1) is 0 Å². The van der Waals surface area contributed by atoms with Crippen molar-refractivity contribution in [2.24, 2.45) is 5.14 Å². The van der Waals surface area contributed by atoms with Crippen molar-refractivity contribution in [2.45, 2.75) is 6.42 Å². The van der Waals surface area contributed by atoms with Gasteiger partial charge in [-0.1, -0.05) is 6.07 Å². The van der Waals surface area contributed by atoms with E-state index >= 15 is 0 Å². The fourth-order valence-electron chi connectivity index (χ4n) is 1.59. The van der Waals surface area contributed by atoms with Crippen molar-refractivity contribution in [1.82, 2.24) is 4.98 Å². The molecule has 0 fully saturated rings. The number of benzene rings is 1. The van der Waals surface area contributed by atoms with E-state index in [4.69, 9.17) is 9.88 Å². The van der Waals surface area contributed by atoms with Crippen LogP contribution in [0.2, 0.25) is 0 Å². The maximum Gasteiger partial charge on any atom is 0.209 e. The van der Waals surface area contributed by atoms with E-state index in [1.807, 2.05) is 30.3 Å². The Morgan fingerprint density at radius 2 is 2.11 bits per heavy atom. The minimum atomic E-state index is -3.41.